The molecule has 1 spiro atoms. The molecule has 1 aromatic heterocycles. The Bertz CT molecular complexity index is 960. The molecular weight excluding hydrogens is 360 g/mol. The molecule has 1 aliphatic heterocycles. The van der Waals surface area contributed by atoms with E-state index < -0.39 is 10.0 Å². The van der Waals surface area contributed by atoms with Gasteiger partial charge in [-0.1, -0.05) is 18.6 Å². The van der Waals surface area contributed by atoms with Crippen LogP contribution in [0.25, 0.3) is 0 Å². The van der Waals surface area contributed by atoms with Crippen LogP contribution in [-0.2, 0) is 16.6 Å². The summed E-state index contributed by atoms with van der Waals surface area (Å²) in [5.74, 6) is 1.88. The Labute approximate surface area is 160 Å². The van der Waals surface area contributed by atoms with Gasteiger partial charge in [-0.3, -0.25) is 0 Å². The van der Waals surface area contributed by atoms with E-state index in [0.717, 1.165) is 36.7 Å². The predicted octanol–water partition coefficient (Wildman–Crippen LogP) is 2.95. The normalized spacial score (nSPS) is 25.0. The minimum atomic E-state index is -3.48. The van der Waals surface area contributed by atoms with E-state index >= 15 is 0 Å². The van der Waals surface area contributed by atoms with E-state index in [1.807, 2.05) is 25.4 Å². The van der Waals surface area contributed by atoms with Crippen molar-refractivity contribution in [3.05, 3.63) is 42.0 Å². The van der Waals surface area contributed by atoms with Crippen molar-refractivity contribution in [3.8, 4) is 0 Å². The third kappa shape index (κ3) is 2.91. The number of rotatable bonds is 5. The summed E-state index contributed by atoms with van der Waals surface area (Å²) in [6, 6.07) is 7.23. The molecule has 6 nitrogen and oxygen atoms in total. The van der Waals surface area contributed by atoms with Crippen LogP contribution in [0.1, 0.15) is 49.4 Å². The van der Waals surface area contributed by atoms with Gasteiger partial charge < -0.3 is 4.57 Å². The van der Waals surface area contributed by atoms with Gasteiger partial charge in [-0.05, 0) is 61.6 Å². The van der Waals surface area contributed by atoms with E-state index in [4.69, 9.17) is 0 Å². The van der Waals surface area contributed by atoms with Gasteiger partial charge >= 0.3 is 0 Å². The SMILES string of the molecule is Cc1cccc(S(=O)(=O)N2CC(c3nncn3CC3CC3)C3(CCC3)C2)c1. The fourth-order valence-electron chi connectivity index (χ4n) is 4.78. The van der Waals surface area contributed by atoms with Crippen LogP contribution in [0.4, 0.5) is 0 Å². The fraction of sp³-hybridized carbons (Fsp3) is 0.600. The molecule has 0 bridgehead atoms. The molecule has 3 aliphatic rings. The molecule has 144 valence electrons. The smallest absolute Gasteiger partial charge is 0.243 e. The Morgan fingerprint density at radius 2 is 2.07 bits per heavy atom. The first-order valence-electron chi connectivity index (χ1n) is 9.92. The van der Waals surface area contributed by atoms with Gasteiger partial charge in [0.05, 0.1) is 4.90 Å². The molecule has 1 saturated heterocycles. The van der Waals surface area contributed by atoms with Crippen molar-refractivity contribution in [1.29, 1.82) is 0 Å². The predicted molar refractivity (Wildman–Crippen MR) is 102 cm³/mol. The van der Waals surface area contributed by atoms with Crippen LogP contribution in [0.5, 0.6) is 0 Å². The van der Waals surface area contributed by atoms with E-state index in [1.165, 1.54) is 19.3 Å². The van der Waals surface area contributed by atoms with Crippen molar-refractivity contribution in [2.45, 2.75) is 56.4 Å². The second-order valence-corrected chi connectivity index (χ2v) is 10.6. The summed E-state index contributed by atoms with van der Waals surface area (Å²) in [5.41, 5.74) is 1.000. The van der Waals surface area contributed by atoms with Gasteiger partial charge in [0, 0.05) is 25.6 Å². The van der Waals surface area contributed by atoms with Crippen LogP contribution < -0.4 is 0 Å². The lowest BCUT2D eigenvalue weighted by atomic mass is 9.62. The zero-order chi connectivity index (χ0) is 18.6. The number of nitrogens with zero attached hydrogens (tertiary/aromatic N) is 4. The highest BCUT2D eigenvalue weighted by Gasteiger charge is 2.55. The van der Waals surface area contributed by atoms with Gasteiger partial charge in [0.1, 0.15) is 12.2 Å². The highest BCUT2D eigenvalue weighted by molar-refractivity contribution is 7.89. The Kier molecular flexibility index (Phi) is 3.95. The molecule has 2 saturated carbocycles. The Morgan fingerprint density at radius 3 is 2.74 bits per heavy atom. The van der Waals surface area contributed by atoms with Crippen molar-refractivity contribution in [2.75, 3.05) is 13.1 Å². The number of hydrogen-bond acceptors (Lipinski definition) is 4. The van der Waals surface area contributed by atoms with Gasteiger partial charge in [-0.15, -0.1) is 10.2 Å². The summed E-state index contributed by atoms with van der Waals surface area (Å²) >= 11 is 0. The van der Waals surface area contributed by atoms with Crippen LogP contribution >= 0.6 is 0 Å². The van der Waals surface area contributed by atoms with Crippen molar-refractivity contribution in [1.82, 2.24) is 19.1 Å². The van der Waals surface area contributed by atoms with Gasteiger partial charge in [0.2, 0.25) is 10.0 Å². The summed E-state index contributed by atoms with van der Waals surface area (Å²) in [5, 5.41) is 8.62. The molecule has 1 atom stereocenters. The first-order chi connectivity index (χ1) is 13.0. The molecule has 3 fully saturated rings. The molecule has 2 aromatic rings. The lowest BCUT2D eigenvalue weighted by Gasteiger charge is -2.42. The topological polar surface area (TPSA) is 68.1 Å². The van der Waals surface area contributed by atoms with Crippen molar-refractivity contribution >= 4 is 10.0 Å². The minimum absolute atomic E-state index is 0.0330. The number of benzene rings is 1. The molecule has 0 amide bonds. The summed E-state index contributed by atoms with van der Waals surface area (Å²) in [6.07, 6.45) is 7.72. The Morgan fingerprint density at radius 1 is 1.26 bits per heavy atom. The zero-order valence-corrected chi connectivity index (χ0v) is 16.5. The number of hydrogen-bond donors (Lipinski definition) is 0. The molecule has 0 radical (unpaired) electrons. The molecule has 7 heteroatoms. The van der Waals surface area contributed by atoms with Crippen molar-refractivity contribution in [3.63, 3.8) is 0 Å². The first kappa shape index (κ1) is 17.4. The second-order valence-electron chi connectivity index (χ2n) is 8.67. The summed E-state index contributed by atoms with van der Waals surface area (Å²) in [6.45, 7) is 4.02. The molecule has 5 rings (SSSR count). The Balaban J connectivity index is 1.47. The van der Waals surface area contributed by atoms with Gasteiger partial charge in [-0.2, -0.15) is 4.31 Å². The Hall–Kier alpha value is -1.73. The van der Waals surface area contributed by atoms with Crippen LogP contribution in [0.2, 0.25) is 0 Å². The highest BCUT2D eigenvalue weighted by Crippen LogP contribution is 2.56. The summed E-state index contributed by atoms with van der Waals surface area (Å²) < 4.78 is 30.5. The average molecular weight is 387 g/mol. The third-order valence-electron chi connectivity index (χ3n) is 6.70. The third-order valence-corrected chi connectivity index (χ3v) is 8.51. The maximum Gasteiger partial charge on any atom is 0.243 e. The van der Waals surface area contributed by atoms with E-state index in [9.17, 15) is 8.42 Å². The molecule has 1 unspecified atom stereocenters. The average Bonchev–Trinajstić information content (AvgIpc) is 3.14. The minimum Gasteiger partial charge on any atom is -0.317 e. The fourth-order valence-corrected chi connectivity index (χ4v) is 6.43. The number of aromatic nitrogens is 3. The lowest BCUT2D eigenvalue weighted by Crippen LogP contribution is -2.38. The summed E-state index contributed by atoms with van der Waals surface area (Å²) in [4.78, 5) is 0.400. The van der Waals surface area contributed by atoms with Crippen LogP contribution in [-0.4, -0.2) is 40.6 Å². The van der Waals surface area contributed by atoms with Crippen LogP contribution in [0.3, 0.4) is 0 Å². The molecule has 0 N–H and O–H groups in total. The maximum atomic E-state index is 13.3. The van der Waals surface area contributed by atoms with Gasteiger partial charge in [0.25, 0.3) is 0 Å². The maximum absolute atomic E-state index is 13.3. The number of sulfonamides is 1. The van der Waals surface area contributed by atoms with E-state index in [-0.39, 0.29) is 11.3 Å². The van der Waals surface area contributed by atoms with Gasteiger partial charge in [0.15, 0.2) is 0 Å². The molecule has 27 heavy (non-hydrogen) atoms. The van der Waals surface area contributed by atoms with E-state index in [2.05, 4.69) is 14.8 Å². The van der Waals surface area contributed by atoms with Crippen LogP contribution in [0.15, 0.2) is 35.5 Å². The first-order valence-corrected chi connectivity index (χ1v) is 11.4. The number of aryl methyl sites for hydroxylation is 1. The quantitative estimate of drug-likeness (QED) is 0.792. The largest absolute Gasteiger partial charge is 0.317 e. The highest BCUT2D eigenvalue weighted by atomic mass is 32.2. The standard InChI is InChI=1S/C20H26N4O2S/c1-15-4-2-5-17(10-15)27(25,26)24-12-18(20(13-24)8-3-9-20)19-22-21-14-23(19)11-16-6-7-16/h2,4-5,10,14,16,18H,3,6-9,11-13H2,1H3. The lowest BCUT2D eigenvalue weighted by molar-refractivity contribution is 0.125. The second kappa shape index (κ2) is 6.14. The molecular formula is C20H26N4O2S. The van der Waals surface area contributed by atoms with Gasteiger partial charge in [-0.25, -0.2) is 8.42 Å². The molecule has 1 aromatic carbocycles. The summed E-state index contributed by atoms with van der Waals surface area (Å²) in [7, 11) is -3.48. The monoisotopic (exact) mass is 386 g/mol. The van der Waals surface area contributed by atoms with Crippen molar-refractivity contribution < 1.29 is 8.42 Å². The van der Waals surface area contributed by atoms with Crippen LogP contribution in [0, 0.1) is 18.3 Å². The molecule has 2 aliphatic carbocycles. The molecule has 2 heterocycles. The zero-order valence-electron chi connectivity index (χ0n) is 15.7. The van der Waals surface area contributed by atoms with Crippen molar-refractivity contribution in [2.24, 2.45) is 11.3 Å². The van der Waals surface area contributed by atoms with E-state index in [0.29, 0.717) is 18.0 Å². The van der Waals surface area contributed by atoms with E-state index in [1.54, 1.807) is 16.4 Å².